The summed E-state index contributed by atoms with van der Waals surface area (Å²) >= 11 is 0. The minimum absolute atomic E-state index is 1.07. The Hall–Kier alpha value is -2.29. The molecule has 1 aromatic carbocycles. The maximum Gasteiger partial charge on any atom is 0.143 e. The van der Waals surface area contributed by atoms with Crippen molar-refractivity contribution in [2.45, 2.75) is 19.8 Å². The number of para-hydroxylation sites is 1. The molecule has 0 atom stereocenters. The smallest absolute Gasteiger partial charge is 0.143 e. The number of pyridine rings is 1. The van der Waals surface area contributed by atoms with Crippen molar-refractivity contribution in [2.24, 2.45) is 0 Å². The summed E-state index contributed by atoms with van der Waals surface area (Å²) in [6.45, 7) is 2.20. The van der Waals surface area contributed by atoms with Crippen LogP contribution in [0.1, 0.15) is 18.9 Å². The van der Waals surface area contributed by atoms with E-state index in [-0.39, 0.29) is 0 Å². The van der Waals surface area contributed by atoms with Gasteiger partial charge in [0.25, 0.3) is 0 Å². The van der Waals surface area contributed by atoms with E-state index in [0.717, 1.165) is 35.2 Å². The Morgan fingerprint density at radius 2 is 2.05 bits per heavy atom. The molecule has 0 radical (unpaired) electrons. The molecule has 19 heavy (non-hydrogen) atoms. The van der Waals surface area contributed by atoms with Gasteiger partial charge in [0, 0.05) is 17.1 Å². The third-order valence-corrected chi connectivity index (χ3v) is 3.69. The number of aromatic nitrogens is 3. The Bertz CT molecular complexity index is 883. The molecule has 3 heterocycles. The van der Waals surface area contributed by atoms with Crippen LogP contribution in [-0.2, 0) is 6.42 Å². The molecule has 0 aliphatic heterocycles. The molecule has 3 heteroatoms. The summed E-state index contributed by atoms with van der Waals surface area (Å²) in [4.78, 5) is 8.32. The van der Waals surface area contributed by atoms with E-state index in [1.54, 1.807) is 0 Å². The molecule has 4 rings (SSSR count). The zero-order chi connectivity index (χ0) is 12.8. The van der Waals surface area contributed by atoms with Crippen LogP contribution in [0.2, 0.25) is 0 Å². The molecule has 0 bridgehead atoms. The second kappa shape index (κ2) is 3.85. The number of aromatic amines is 1. The van der Waals surface area contributed by atoms with Crippen LogP contribution in [0.4, 0.5) is 0 Å². The highest BCUT2D eigenvalue weighted by Gasteiger charge is 2.12. The highest BCUT2D eigenvalue weighted by atomic mass is 15.1. The van der Waals surface area contributed by atoms with Gasteiger partial charge in [-0.1, -0.05) is 37.6 Å². The predicted molar refractivity (Wildman–Crippen MR) is 78.5 cm³/mol. The number of imidazole rings is 1. The first-order valence-electron chi connectivity index (χ1n) is 6.75. The number of rotatable bonds is 2. The Labute approximate surface area is 110 Å². The van der Waals surface area contributed by atoms with Crippen LogP contribution in [0.25, 0.3) is 27.7 Å². The highest BCUT2D eigenvalue weighted by Crippen LogP contribution is 2.26. The van der Waals surface area contributed by atoms with E-state index in [0.29, 0.717) is 0 Å². The lowest BCUT2D eigenvalue weighted by Gasteiger charge is -2.01. The third-order valence-electron chi connectivity index (χ3n) is 3.69. The van der Waals surface area contributed by atoms with Crippen LogP contribution in [0, 0.1) is 0 Å². The van der Waals surface area contributed by atoms with Gasteiger partial charge in [-0.25, -0.2) is 4.98 Å². The zero-order valence-corrected chi connectivity index (χ0v) is 10.9. The van der Waals surface area contributed by atoms with Crippen molar-refractivity contribution in [3.8, 4) is 0 Å². The lowest BCUT2D eigenvalue weighted by molar-refractivity contribution is 0.917. The number of hydrogen-bond donors (Lipinski definition) is 1. The van der Waals surface area contributed by atoms with Crippen LogP contribution in [0.5, 0.6) is 0 Å². The molecule has 0 aliphatic carbocycles. The number of H-pyrrole nitrogens is 1. The van der Waals surface area contributed by atoms with Crippen molar-refractivity contribution in [3.63, 3.8) is 0 Å². The largest absolute Gasteiger partial charge is 0.339 e. The second-order valence-corrected chi connectivity index (χ2v) is 4.96. The maximum atomic E-state index is 4.85. The van der Waals surface area contributed by atoms with E-state index >= 15 is 0 Å². The molecular weight excluding hydrogens is 234 g/mol. The number of fused-ring (bicyclic) bond motifs is 5. The summed E-state index contributed by atoms with van der Waals surface area (Å²) in [6.07, 6.45) is 4.29. The average molecular weight is 249 g/mol. The summed E-state index contributed by atoms with van der Waals surface area (Å²) < 4.78 is 2.17. The molecule has 4 aromatic rings. The topological polar surface area (TPSA) is 33.1 Å². The SMILES string of the molecule is CCCc1cccn2c1nc1c3ccccc3[nH]c12. The summed E-state index contributed by atoms with van der Waals surface area (Å²) in [5.74, 6) is 0. The van der Waals surface area contributed by atoms with Crippen LogP contribution in [-0.4, -0.2) is 14.4 Å². The molecule has 0 saturated heterocycles. The second-order valence-electron chi connectivity index (χ2n) is 4.96. The summed E-state index contributed by atoms with van der Waals surface area (Å²) in [5.41, 5.74) is 5.71. The fourth-order valence-electron chi connectivity index (χ4n) is 2.82. The fraction of sp³-hybridized carbons (Fsp3) is 0.188. The summed E-state index contributed by atoms with van der Waals surface area (Å²) in [7, 11) is 0. The lowest BCUT2D eigenvalue weighted by Crippen LogP contribution is -1.92. The Balaban J connectivity index is 2.15. The van der Waals surface area contributed by atoms with Gasteiger partial charge in [-0.05, 0) is 24.1 Å². The van der Waals surface area contributed by atoms with E-state index in [1.165, 1.54) is 10.9 Å². The minimum atomic E-state index is 1.07. The van der Waals surface area contributed by atoms with Crippen molar-refractivity contribution in [2.75, 3.05) is 0 Å². The standard InChI is InChI=1S/C16H15N3/c1-2-6-11-7-5-10-19-15(11)18-14-12-8-3-4-9-13(12)17-16(14)19/h3-5,7-10,17H,2,6H2,1H3. The van der Waals surface area contributed by atoms with E-state index < -0.39 is 0 Å². The van der Waals surface area contributed by atoms with E-state index in [1.807, 2.05) is 6.07 Å². The molecular formula is C16H15N3. The van der Waals surface area contributed by atoms with Gasteiger partial charge >= 0.3 is 0 Å². The Morgan fingerprint density at radius 3 is 2.95 bits per heavy atom. The highest BCUT2D eigenvalue weighted by molar-refractivity contribution is 6.05. The molecule has 3 nitrogen and oxygen atoms in total. The molecule has 94 valence electrons. The van der Waals surface area contributed by atoms with Crippen molar-refractivity contribution in [1.82, 2.24) is 14.4 Å². The van der Waals surface area contributed by atoms with Gasteiger partial charge in [0.15, 0.2) is 0 Å². The minimum Gasteiger partial charge on any atom is -0.339 e. The molecule has 0 amide bonds. The summed E-state index contributed by atoms with van der Waals surface area (Å²) in [5, 5.41) is 1.20. The molecule has 0 fully saturated rings. The molecule has 3 aromatic heterocycles. The fourth-order valence-corrected chi connectivity index (χ4v) is 2.82. The molecule has 1 N–H and O–H groups in total. The van der Waals surface area contributed by atoms with Crippen molar-refractivity contribution >= 4 is 27.7 Å². The van der Waals surface area contributed by atoms with E-state index in [4.69, 9.17) is 4.98 Å². The Morgan fingerprint density at radius 1 is 1.16 bits per heavy atom. The van der Waals surface area contributed by atoms with Gasteiger partial charge < -0.3 is 4.98 Å². The first kappa shape index (κ1) is 10.6. The first-order valence-corrected chi connectivity index (χ1v) is 6.75. The van der Waals surface area contributed by atoms with E-state index in [2.05, 4.69) is 52.8 Å². The molecule has 0 aliphatic rings. The van der Waals surface area contributed by atoms with Crippen LogP contribution in [0.3, 0.4) is 0 Å². The number of nitrogens with zero attached hydrogens (tertiary/aromatic N) is 2. The maximum absolute atomic E-state index is 4.85. The van der Waals surface area contributed by atoms with Gasteiger partial charge in [0.05, 0.1) is 0 Å². The van der Waals surface area contributed by atoms with Crippen molar-refractivity contribution < 1.29 is 0 Å². The van der Waals surface area contributed by atoms with Crippen molar-refractivity contribution in [1.29, 1.82) is 0 Å². The average Bonchev–Trinajstić information content (AvgIpc) is 2.96. The quantitative estimate of drug-likeness (QED) is 0.574. The van der Waals surface area contributed by atoms with E-state index in [9.17, 15) is 0 Å². The normalized spacial score (nSPS) is 11.8. The van der Waals surface area contributed by atoms with Gasteiger partial charge in [0.2, 0.25) is 0 Å². The van der Waals surface area contributed by atoms with Gasteiger partial charge in [-0.15, -0.1) is 0 Å². The molecule has 0 saturated carbocycles. The monoisotopic (exact) mass is 249 g/mol. The van der Waals surface area contributed by atoms with Gasteiger partial charge in [-0.2, -0.15) is 0 Å². The van der Waals surface area contributed by atoms with Crippen LogP contribution in [0.15, 0.2) is 42.6 Å². The number of hydrogen-bond acceptors (Lipinski definition) is 1. The van der Waals surface area contributed by atoms with Crippen LogP contribution >= 0.6 is 0 Å². The molecule has 0 unspecified atom stereocenters. The number of aryl methyl sites for hydroxylation is 1. The summed E-state index contributed by atoms with van der Waals surface area (Å²) in [6, 6.07) is 12.6. The van der Waals surface area contributed by atoms with Crippen LogP contribution < -0.4 is 0 Å². The van der Waals surface area contributed by atoms with Gasteiger partial charge in [0.1, 0.15) is 16.8 Å². The third kappa shape index (κ3) is 1.41. The molecule has 0 spiro atoms. The van der Waals surface area contributed by atoms with Gasteiger partial charge in [-0.3, -0.25) is 4.40 Å². The predicted octanol–water partition coefficient (Wildman–Crippen LogP) is 3.92. The Kier molecular flexibility index (Phi) is 2.15. The zero-order valence-electron chi connectivity index (χ0n) is 10.9. The number of benzene rings is 1. The van der Waals surface area contributed by atoms with Crippen molar-refractivity contribution in [3.05, 3.63) is 48.2 Å². The number of nitrogens with one attached hydrogen (secondary N) is 1. The lowest BCUT2D eigenvalue weighted by atomic mass is 10.1. The first-order chi connectivity index (χ1) is 9.38.